The average Bonchev–Trinajstić information content (AvgIpc) is 2.65. The van der Waals surface area contributed by atoms with E-state index in [4.69, 9.17) is 5.11 Å². The molecule has 1 aromatic carbocycles. The van der Waals surface area contributed by atoms with Gasteiger partial charge in [-0.2, -0.15) is 0 Å². The predicted molar refractivity (Wildman–Crippen MR) is 119 cm³/mol. The summed E-state index contributed by atoms with van der Waals surface area (Å²) in [6.45, 7) is 2.99. The fourth-order valence-electron chi connectivity index (χ4n) is 3.33. The van der Waals surface area contributed by atoms with E-state index in [0.29, 0.717) is 5.69 Å². The molecule has 0 aromatic heterocycles. The van der Waals surface area contributed by atoms with Crippen LogP contribution in [0.25, 0.3) is 0 Å². The van der Waals surface area contributed by atoms with E-state index in [1.54, 1.807) is 0 Å². The molecule has 0 aliphatic heterocycles. The second-order valence-electron chi connectivity index (χ2n) is 7.52. The third kappa shape index (κ3) is 13.6. The number of aromatic carboxylic acids is 1. The molecule has 156 valence electrons. The molecule has 28 heavy (non-hydrogen) atoms. The van der Waals surface area contributed by atoms with Crippen LogP contribution in [0.4, 0.5) is 10.1 Å². The van der Waals surface area contributed by atoms with Crippen molar-refractivity contribution in [1.82, 2.24) is 0 Å². The summed E-state index contributed by atoms with van der Waals surface area (Å²) in [5, 5.41) is 11.9. The molecular weight excluding hydrogens is 364 g/mol. The molecule has 0 aliphatic carbocycles. The Hall–Kier alpha value is -0.580. The van der Waals surface area contributed by atoms with E-state index < -0.39 is 11.8 Å². The number of carboxylic acid groups (broad SMARTS) is 1. The standard InChI is InChI=1S/C23H38FNO2.Na.H/c1-2-3-4-5-6-7-8-9-10-11-12-13-14-15-18-25-22-17-16-20(23(26)27)19-21(22)24;;/h16-17,19,25H,2-15,18H2,1H3,(H,26,27);;. The molecule has 0 spiro atoms. The van der Waals surface area contributed by atoms with Crippen molar-refractivity contribution in [1.29, 1.82) is 0 Å². The molecule has 0 unspecified atom stereocenters. The van der Waals surface area contributed by atoms with Gasteiger partial charge in [-0.25, -0.2) is 9.18 Å². The monoisotopic (exact) mass is 403 g/mol. The van der Waals surface area contributed by atoms with Gasteiger partial charge < -0.3 is 10.4 Å². The fraction of sp³-hybridized carbons (Fsp3) is 0.696. The van der Waals surface area contributed by atoms with Gasteiger partial charge in [-0.05, 0) is 24.6 Å². The molecule has 5 heteroatoms. The van der Waals surface area contributed by atoms with Crippen molar-refractivity contribution in [2.24, 2.45) is 0 Å². The number of nitrogens with one attached hydrogen (secondary N) is 1. The first-order valence-corrected chi connectivity index (χ1v) is 10.9. The molecule has 0 amide bonds. The van der Waals surface area contributed by atoms with E-state index >= 15 is 0 Å². The minimum atomic E-state index is -1.10. The van der Waals surface area contributed by atoms with Gasteiger partial charge in [0.05, 0.1) is 11.3 Å². The van der Waals surface area contributed by atoms with Crippen LogP contribution in [-0.2, 0) is 0 Å². The molecule has 0 saturated heterocycles. The summed E-state index contributed by atoms with van der Waals surface area (Å²) in [6.07, 6.45) is 18.5. The average molecular weight is 404 g/mol. The van der Waals surface area contributed by atoms with Crippen LogP contribution in [0.1, 0.15) is 107 Å². The van der Waals surface area contributed by atoms with Crippen LogP contribution in [0.2, 0.25) is 0 Å². The number of benzene rings is 1. The van der Waals surface area contributed by atoms with Crippen molar-refractivity contribution < 1.29 is 14.3 Å². The second kappa shape index (κ2) is 18.4. The van der Waals surface area contributed by atoms with E-state index in [1.807, 2.05) is 0 Å². The van der Waals surface area contributed by atoms with Gasteiger partial charge in [-0.1, -0.05) is 90.4 Å². The number of carboxylic acids is 1. The number of hydrogen-bond donors (Lipinski definition) is 2. The molecule has 0 aliphatic rings. The molecule has 0 radical (unpaired) electrons. The van der Waals surface area contributed by atoms with Crippen molar-refractivity contribution in [3.63, 3.8) is 0 Å². The number of halogens is 1. The van der Waals surface area contributed by atoms with Gasteiger partial charge in [0, 0.05) is 6.54 Å². The summed E-state index contributed by atoms with van der Waals surface area (Å²) < 4.78 is 13.8. The van der Waals surface area contributed by atoms with E-state index in [0.717, 1.165) is 25.5 Å². The molecule has 2 N–H and O–H groups in total. The van der Waals surface area contributed by atoms with Crippen molar-refractivity contribution >= 4 is 41.2 Å². The Kier molecular flexibility index (Phi) is 18.1. The summed E-state index contributed by atoms with van der Waals surface area (Å²) in [5.74, 6) is -1.60. The van der Waals surface area contributed by atoms with Crippen LogP contribution in [0.5, 0.6) is 0 Å². The van der Waals surface area contributed by atoms with Gasteiger partial charge in [0.2, 0.25) is 0 Å². The Morgan fingerprint density at radius 1 is 0.857 bits per heavy atom. The number of carbonyl (C=O) groups is 1. The SMILES string of the molecule is CCCCCCCCCCCCCCCCNc1ccc(C(=O)O)cc1F.[NaH]. The van der Waals surface area contributed by atoms with Gasteiger partial charge in [-0.3, -0.25) is 0 Å². The number of unbranched alkanes of at least 4 members (excludes halogenated alkanes) is 13. The quantitative estimate of drug-likeness (QED) is 0.223. The summed E-state index contributed by atoms with van der Waals surface area (Å²) in [5.41, 5.74) is 0.365. The first-order valence-electron chi connectivity index (χ1n) is 10.9. The number of rotatable bonds is 17. The van der Waals surface area contributed by atoms with E-state index in [-0.39, 0.29) is 35.1 Å². The van der Waals surface area contributed by atoms with Crippen LogP contribution in [0.3, 0.4) is 0 Å². The zero-order valence-corrected chi connectivity index (χ0v) is 17.1. The van der Waals surface area contributed by atoms with Crippen molar-refractivity contribution in [3.8, 4) is 0 Å². The zero-order chi connectivity index (χ0) is 19.7. The second-order valence-corrected chi connectivity index (χ2v) is 7.52. The molecule has 0 atom stereocenters. The molecule has 0 heterocycles. The first-order chi connectivity index (χ1) is 13.1. The Morgan fingerprint density at radius 2 is 1.32 bits per heavy atom. The Balaban J connectivity index is 0.00000729. The summed E-state index contributed by atoms with van der Waals surface area (Å²) in [7, 11) is 0. The molecule has 0 bridgehead atoms. The molecule has 3 nitrogen and oxygen atoms in total. The molecule has 1 rings (SSSR count). The summed E-state index contributed by atoms with van der Waals surface area (Å²) >= 11 is 0. The first kappa shape index (κ1) is 27.4. The van der Waals surface area contributed by atoms with Crippen LogP contribution in [-0.4, -0.2) is 47.2 Å². The predicted octanol–water partition coefficient (Wildman–Crippen LogP) is 6.77. The van der Waals surface area contributed by atoms with E-state index in [9.17, 15) is 9.18 Å². The number of anilines is 1. The maximum absolute atomic E-state index is 13.8. The topological polar surface area (TPSA) is 49.3 Å². The Labute approximate surface area is 193 Å². The van der Waals surface area contributed by atoms with Gasteiger partial charge in [0.1, 0.15) is 5.82 Å². The number of hydrogen-bond acceptors (Lipinski definition) is 2. The summed E-state index contributed by atoms with van der Waals surface area (Å²) in [4.78, 5) is 10.8. The van der Waals surface area contributed by atoms with Crippen molar-refractivity contribution in [2.75, 3.05) is 11.9 Å². The van der Waals surface area contributed by atoms with Gasteiger partial charge in [0.25, 0.3) is 0 Å². The Morgan fingerprint density at radius 3 is 1.75 bits per heavy atom. The molecule has 0 saturated carbocycles. The van der Waals surface area contributed by atoms with Crippen LogP contribution in [0.15, 0.2) is 18.2 Å². The van der Waals surface area contributed by atoms with Gasteiger partial charge >= 0.3 is 35.5 Å². The van der Waals surface area contributed by atoms with Gasteiger partial charge in [0.15, 0.2) is 0 Å². The van der Waals surface area contributed by atoms with Crippen molar-refractivity contribution in [2.45, 2.75) is 96.8 Å². The summed E-state index contributed by atoms with van der Waals surface area (Å²) in [6, 6.07) is 4.00. The molecule has 0 fully saturated rings. The molecular formula is C23H39FNNaO2. The normalized spacial score (nSPS) is 10.5. The van der Waals surface area contributed by atoms with Crippen LogP contribution in [0, 0.1) is 5.82 Å². The molecule has 1 aromatic rings. The fourth-order valence-corrected chi connectivity index (χ4v) is 3.33. The van der Waals surface area contributed by atoms with E-state index in [1.165, 1.54) is 89.2 Å². The maximum atomic E-state index is 13.8. The minimum absolute atomic E-state index is 0. The van der Waals surface area contributed by atoms with Crippen LogP contribution < -0.4 is 5.32 Å². The van der Waals surface area contributed by atoms with Crippen LogP contribution >= 0.6 is 0 Å². The van der Waals surface area contributed by atoms with Gasteiger partial charge in [-0.15, -0.1) is 0 Å². The van der Waals surface area contributed by atoms with E-state index in [2.05, 4.69) is 12.2 Å². The van der Waals surface area contributed by atoms with Crippen molar-refractivity contribution in [3.05, 3.63) is 29.6 Å². The third-order valence-corrected chi connectivity index (χ3v) is 5.06. The third-order valence-electron chi connectivity index (χ3n) is 5.06. The zero-order valence-electron chi connectivity index (χ0n) is 17.1. The Bertz CT molecular complexity index is 525.